The van der Waals surface area contributed by atoms with Gasteiger partial charge in [-0.1, -0.05) is 18.7 Å². The first kappa shape index (κ1) is 14.4. The third-order valence-corrected chi connectivity index (χ3v) is 4.37. The fourth-order valence-electron chi connectivity index (χ4n) is 2.24. The fraction of sp³-hybridized carbons (Fsp3) is 0.133. The molecule has 1 aromatic carbocycles. The number of carboxylic acid groups (broad SMARTS) is 1. The molecule has 3 rings (SSSR count). The highest BCUT2D eigenvalue weighted by molar-refractivity contribution is 7.99. The van der Waals surface area contributed by atoms with Crippen molar-refractivity contribution in [2.24, 2.45) is 0 Å². The number of nitrogens with zero attached hydrogens (tertiary/aromatic N) is 2. The zero-order chi connectivity index (χ0) is 15.7. The SMILES string of the molecule is CCc1c(Sc2ccc(C(=O)O)cc2)[nH]c2nc(N)ncc12. The van der Waals surface area contributed by atoms with Gasteiger partial charge in [0.15, 0.2) is 0 Å². The van der Waals surface area contributed by atoms with Gasteiger partial charge in [0.25, 0.3) is 0 Å². The number of aryl methyl sites for hydroxylation is 1. The number of aromatic nitrogens is 3. The van der Waals surface area contributed by atoms with Crippen molar-refractivity contribution in [3.8, 4) is 0 Å². The molecule has 0 atom stereocenters. The standard InChI is InChI=1S/C15H14N4O2S/c1-2-10-11-7-17-15(16)19-12(11)18-13(10)22-9-5-3-8(4-6-9)14(20)21/h3-7H,2H2,1H3,(H,20,21)(H3,16,17,18,19). The number of rotatable bonds is 4. The molecule has 0 aliphatic carbocycles. The Morgan fingerprint density at radius 2 is 2.09 bits per heavy atom. The van der Waals surface area contributed by atoms with Gasteiger partial charge in [-0.15, -0.1) is 0 Å². The van der Waals surface area contributed by atoms with Crippen LogP contribution in [0.15, 0.2) is 40.4 Å². The molecule has 0 amide bonds. The number of hydrogen-bond donors (Lipinski definition) is 3. The smallest absolute Gasteiger partial charge is 0.335 e. The molecule has 0 radical (unpaired) electrons. The summed E-state index contributed by atoms with van der Waals surface area (Å²) in [7, 11) is 0. The highest BCUT2D eigenvalue weighted by Crippen LogP contribution is 2.34. The van der Waals surface area contributed by atoms with Gasteiger partial charge < -0.3 is 15.8 Å². The van der Waals surface area contributed by atoms with E-state index in [4.69, 9.17) is 10.8 Å². The van der Waals surface area contributed by atoms with E-state index in [1.807, 2.05) is 0 Å². The van der Waals surface area contributed by atoms with Crippen molar-refractivity contribution < 1.29 is 9.90 Å². The minimum Gasteiger partial charge on any atom is -0.478 e. The zero-order valence-corrected chi connectivity index (χ0v) is 12.6. The van der Waals surface area contributed by atoms with Gasteiger partial charge in [0.1, 0.15) is 5.65 Å². The maximum absolute atomic E-state index is 10.9. The van der Waals surface area contributed by atoms with Gasteiger partial charge in [-0.25, -0.2) is 9.78 Å². The molecule has 0 aliphatic heterocycles. The normalized spacial score (nSPS) is 11.0. The first-order chi connectivity index (χ1) is 10.6. The van der Waals surface area contributed by atoms with E-state index in [-0.39, 0.29) is 11.5 Å². The number of hydrogen-bond acceptors (Lipinski definition) is 5. The Morgan fingerprint density at radius 1 is 1.36 bits per heavy atom. The largest absolute Gasteiger partial charge is 0.478 e. The Labute approximate surface area is 130 Å². The highest BCUT2D eigenvalue weighted by atomic mass is 32.2. The van der Waals surface area contributed by atoms with Gasteiger partial charge in [0.2, 0.25) is 5.95 Å². The first-order valence-electron chi connectivity index (χ1n) is 6.72. The van der Waals surface area contributed by atoms with Gasteiger partial charge in [-0.05, 0) is 36.2 Å². The summed E-state index contributed by atoms with van der Waals surface area (Å²) in [6.45, 7) is 2.07. The maximum atomic E-state index is 10.9. The Bertz CT molecular complexity index is 843. The average molecular weight is 314 g/mol. The molecule has 4 N–H and O–H groups in total. The van der Waals surface area contributed by atoms with Crippen molar-refractivity contribution in [3.63, 3.8) is 0 Å². The number of carbonyl (C=O) groups is 1. The second kappa shape index (κ2) is 5.69. The molecule has 0 saturated carbocycles. The summed E-state index contributed by atoms with van der Waals surface area (Å²) in [4.78, 5) is 23.3. The summed E-state index contributed by atoms with van der Waals surface area (Å²) in [6, 6.07) is 6.77. The number of nitrogen functional groups attached to an aromatic ring is 1. The van der Waals surface area contributed by atoms with Crippen LogP contribution in [0.2, 0.25) is 0 Å². The van der Waals surface area contributed by atoms with Crippen LogP contribution in [0.5, 0.6) is 0 Å². The Kier molecular flexibility index (Phi) is 3.72. The van der Waals surface area contributed by atoms with Crippen LogP contribution in [-0.4, -0.2) is 26.0 Å². The van der Waals surface area contributed by atoms with Crippen LogP contribution in [0, 0.1) is 0 Å². The summed E-state index contributed by atoms with van der Waals surface area (Å²) >= 11 is 1.53. The van der Waals surface area contributed by atoms with Crippen LogP contribution in [0.3, 0.4) is 0 Å². The molecule has 2 heterocycles. The van der Waals surface area contributed by atoms with E-state index in [1.54, 1.807) is 30.5 Å². The Balaban J connectivity index is 1.97. The quantitative estimate of drug-likeness (QED) is 0.684. The maximum Gasteiger partial charge on any atom is 0.335 e. The number of nitrogens with one attached hydrogen (secondary N) is 1. The lowest BCUT2D eigenvalue weighted by Gasteiger charge is -2.03. The van der Waals surface area contributed by atoms with E-state index in [1.165, 1.54) is 11.8 Å². The molecule has 112 valence electrons. The first-order valence-corrected chi connectivity index (χ1v) is 7.54. The van der Waals surface area contributed by atoms with Crippen LogP contribution < -0.4 is 5.73 Å². The van der Waals surface area contributed by atoms with Gasteiger partial charge >= 0.3 is 5.97 Å². The van der Waals surface area contributed by atoms with E-state index in [0.717, 1.165) is 27.3 Å². The summed E-state index contributed by atoms with van der Waals surface area (Å²) in [6.07, 6.45) is 2.56. The summed E-state index contributed by atoms with van der Waals surface area (Å²) in [5.41, 5.74) is 7.73. The average Bonchev–Trinajstić information content (AvgIpc) is 2.83. The molecule has 0 aliphatic rings. The number of nitrogens with two attached hydrogens (primary N) is 1. The van der Waals surface area contributed by atoms with Gasteiger partial charge in [0.05, 0.1) is 10.6 Å². The number of H-pyrrole nitrogens is 1. The number of fused-ring (bicyclic) bond motifs is 1. The topological polar surface area (TPSA) is 105 Å². The second-order valence-corrected chi connectivity index (χ2v) is 5.79. The Morgan fingerprint density at radius 3 is 2.73 bits per heavy atom. The van der Waals surface area contributed by atoms with Crippen molar-refractivity contribution in [2.45, 2.75) is 23.3 Å². The minimum atomic E-state index is -0.929. The molecular weight excluding hydrogens is 300 g/mol. The van der Waals surface area contributed by atoms with Crippen LogP contribution in [0.4, 0.5) is 5.95 Å². The molecule has 0 unspecified atom stereocenters. The lowest BCUT2D eigenvalue weighted by Crippen LogP contribution is -1.94. The number of benzene rings is 1. The van der Waals surface area contributed by atoms with E-state index in [9.17, 15) is 4.79 Å². The number of aromatic carboxylic acids is 1. The molecule has 22 heavy (non-hydrogen) atoms. The van der Waals surface area contributed by atoms with E-state index in [2.05, 4.69) is 21.9 Å². The summed E-state index contributed by atoms with van der Waals surface area (Å²) in [5, 5.41) is 10.9. The molecule has 0 saturated heterocycles. The monoisotopic (exact) mass is 314 g/mol. The van der Waals surface area contributed by atoms with Crippen molar-refractivity contribution in [1.29, 1.82) is 0 Å². The van der Waals surface area contributed by atoms with Crippen LogP contribution in [0.25, 0.3) is 11.0 Å². The van der Waals surface area contributed by atoms with Crippen LogP contribution >= 0.6 is 11.8 Å². The summed E-state index contributed by atoms with van der Waals surface area (Å²) < 4.78 is 0. The third kappa shape index (κ3) is 2.62. The predicted octanol–water partition coefficient (Wildman–Crippen LogP) is 2.95. The molecular formula is C15H14N4O2S. The van der Waals surface area contributed by atoms with E-state index >= 15 is 0 Å². The lowest BCUT2D eigenvalue weighted by atomic mass is 10.2. The van der Waals surface area contributed by atoms with Crippen LogP contribution in [0.1, 0.15) is 22.8 Å². The van der Waals surface area contributed by atoms with Gasteiger partial charge in [0, 0.05) is 16.5 Å². The van der Waals surface area contributed by atoms with Gasteiger partial charge in [-0.2, -0.15) is 4.98 Å². The molecule has 0 bridgehead atoms. The van der Waals surface area contributed by atoms with Crippen molar-refractivity contribution in [3.05, 3.63) is 41.6 Å². The van der Waals surface area contributed by atoms with Crippen molar-refractivity contribution in [2.75, 3.05) is 5.73 Å². The van der Waals surface area contributed by atoms with Crippen molar-refractivity contribution >= 4 is 34.7 Å². The Hall–Kier alpha value is -2.54. The number of anilines is 1. The molecule has 6 nitrogen and oxygen atoms in total. The van der Waals surface area contributed by atoms with Crippen LogP contribution in [-0.2, 0) is 6.42 Å². The minimum absolute atomic E-state index is 0.235. The molecule has 7 heteroatoms. The van der Waals surface area contributed by atoms with E-state index in [0.29, 0.717) is 5.65 Å². The third-order valence-electron chi connectivity index (χ3n) is 3.31. The molecule has 0 fully saturated rings. The molecule has 2 aromatic heterocycles. The lowest BCUT2D eigenvalue weighted by molar-refractivity contribution is 0.0697. The number of aromatic amines is 1. The molecule has 3 aromatic rings. The second-order valence-electron chi connectivity index (χ2n) is 4.71. The van der Waals surface area contributed by atoms with E-state index < -0.39 is 5.97 Å². The predicted molar refractivity (Wildman–Crippen MR) is 85.2 cm³/mol. The zero-order valence-electron chi connectivity index (χ0n) is 11.8. The molecule has 0 spiro atoms. The number of carboxylic acids is 1. The van der Waals surface area contributed by atoms with Gasteiger partial charge in [-0.3, -0.25) is 0 Å². The van der Waals surface area contributed by atoms with Crippen molar-refractivity contribution in [1.82, 2.24) is 15.0 Å². The highest BCUT2D eigenvalue weighted by Gasteiger charge is 2.13. The summed E-state index contributed by atoms with van der Waals surface area (Å²) in [5.74, 6) is -0.694. The fourth-order valence-corrected chi connectivity index (χ4v) is 3.27.